The molecule has 8 nitrogen and oxygen atoms in total. The first kappa shape index (κ1) is 16.9. The Hall–Kier alpha value is -1.42. The molecule has 0 aliphatic carbocycles. The summed E-state index contributed by atoms with van der Waals surface area (Å²) in [6.07, 6.45) is 2.13. The number of imidazole rings is 1. The molecular formula is C13H21N5O3S. The zero-order valence-corrected chi connectivity index (χ0v) is 13.4. The molecule has 0 aliphatic heterocycles. The molecular weight excluding hydrogens is 306 g/mol. The van der Waals surface area contributed by atoms with Crippen LogP contribution in [0.5, 0.6) is 0 Å². The van der Waals surface area contributed by atoms with Crippen molar-refractivity contribution in [1.82, 2.24) is 19.5 Å². The Kier molecular flexibility index (Phi) is 5.57. The van der Waals surface area contributed by atoms with Gasteiger partial charge in [-0.15, -0.1) is 0 Å². The summed E-state index contributed by atoms with van der Waals surface area (Å²) in [4.78, 5) is 12.5. The largest absolute Gasteiger partial charge is 0.396 e. The van der Waals surface area contributed by atoms with Crippen LogP contribution in [0, 0.1) is 5.92 Å². The van der Waals surface area contributed by atoms with E-state index in [1.807, 2.05) is 13.2 Å². The lowest BCUT2D eigenvalue weighted by molar-refractivity contribution is -0.00278. The van der Waals surface area contributed by atoms with Gasteiger partial charge in [0.15, 0.2) is 16.6 Å². The third-order valence-electron chi connectivity index (χ3n) is 3.69. The Labute approximate surface area is 132 Å². The van der Waals surface area contributed by atoms with E-state index in [4.69, 9.17) is 5.73 Å². The van der Waals surface area contributed by atoms with Crippen LogP contribution in [-0.2, 0) is 0 Å². The van der Waals surface area contributed by atoms with Crippen molar-refractivity contribution in [1.29, 1.82) is 0 Å². The highest BCUT2D eigenvalue weighted by molar-refractivity contribution is 7.98. The van der Waals surface area contributed by atoms with E-state index in [2.05, 4.69) is 15.0 Å². The number of aliphatic hydroxyl groups is 3. The van der Waals surface area contributed by atoms with Gasteiger partial charge in [0.1, 0.15) is 11.7 Å². The molecule has 0 saturated heterocycles. The molecule has 2 heterocycles. The molecule has 0 aliphatic rings. The number of nitrogens with two attached hydrogens (primary N) is 1. The number of hydrogen-bond acceptors (Lipinski definition) is 8. The summed E-state index contributed by atoms with van der Waals surface area (Å²) in [5, 5.41) is 30.1. The van der Waals surface area contributed by atoms with E-state index >= 15 is 0 Å². The van der Waals surface area contributed by atoms with Crippen molar-refractivity contribution >= 4 is 28.7 Å². The van der Waals surface area contributed by atoms with Crippen LogP contribution in [0.4, 0.5) is 5.82 Å². The fraction of sp³-hybridized carbons (Fsp3) is 0.615. The molecule has 5 N–H and O–H groups in total. The van der Waals surface area contributed by atoms with Gasteiger partial charge in [0.2, 0.25) is 0 Å². The summed E-state index contributed by atoms with van der Waals surface area (Å²) in [6.45, 7) is 1.75. The molecule has 0 saturated carbocycles. The highest BCUT2D eigenvalue weighted by atomic mass is 32.2. The number of nitrogen functional groups attached to an aromatic ring is 1. The van der Waals surface area contributed by atoms with Crippen molar-refractivity contribution in [3.05, 3.63) is 6.33 Å². The summed E-state index contributed by atoms with van der Waals surface area (Å²) in [5.74, 6) is -0.0199. The van der Waals surface area contributed by atoms with Crippen LogP contribution >= 0.6 is 11.8 Å². The second-order valence-corrected chi connectivity index (χ2v) is 5.83. The predicted octanol–water partition coefficient (Wildman–Crippen LogP) is 0.391. The van der Waals surface area contributed by atoms with Crippen LogP contribution in [0.15, 0.2) is 11.5 Å². The van der Waals surface area contributed by atoms with E-state index < -0.39 is 12.3 Å². The molecule has 2 rings (SSSR count). The van der Waals surface area contributed by atoms with E-state index in [0.717, 1.165) is 0 Å². The average molecular weight is 327 g/mol. The van der Waals surface area contributed by atoms with E-state index in [0.29, 0.717) is 22.7 Å². The van der Waals surface area contributed by atoms with Crippen LogP contribution in [0.25, 0.3) is 11.2 Å². The lowest BCUT2D eigenvalue weighted by atomic mass is 9.97. The maximum atomic E-state index is 10.3. The second kappa shape index (κ2) is 7.23. The van der Waals surface area contributed by atoms with Gasteiger partial charge in [-0.05, 0) is 12.7 Å². The van der Waals surface area contributed by atoms with Gasteiger partial charge in [0.25, 0.3) is 0 Å². The monoisotopic (exact) mass is 327 g/mol. The maximum Gasteiger partial charge on any atom is 0.191 e. The Balaban J connectivity index is 2.28. The lowest BCUT2D eigenvalue weighted by Crippen LogP contribution is -2.27. The normalized spacial score (nSPS) is 15.9. The van der Waals surface area contributed by atoms with E-state index in [1.165, 1.54) is 22.7 Å². The van der Waals surface area contributed by atoms with Crippen LogP contribution in [0.3, 0.4) is 0 Å². The number of anilines is 1. The van der Waals surface area contributed by atoms with Crippen molar-refractivity contribution in [3.8, 4) is 0 Å². The number of hydrogen-bond donors (Lipinski definition) is 4. The van der Waals surface area contributed by atoms with Gasteiger partial charge >= 0.3 is 0 Å². The Bertz CT molecular complexity index is 631. The Morgan fingerprint density at radius 1 is 1.36 bits per heavy atom. The lowest BCUT2D eigenvalue weighted by Gasteiger charge is -2.22. The molecule has 9 heteroatoms. The smallest absolute Gasteiger partial charge is 0.191 e. The first-order valence-corrected chi connectivity index (χ1v) is 8.25. The molecule has 22 heavy (non-hydrogen) atoms. The van der Waals surface area contributed by atoms with Crippen LogP contribution in [0.1, 0.15) is 26.0 Å². The number of fused-ring (bicyclic) bond motifs is 1. The molecule has 0 fully saturated rings. The zero-order chi connectivity index (χ0) is 16.3. The van der Waals surface area contributed by atoms with Crippen molar-refractivity contribution in [2.75, 3.05) is 18.6 Å². The van der Waals surface area contributed by atoms with Gasteiger partial charge in [-0.25, -0.2) is 15.0 Å². The summed E-state index contributed by atoms with van der Waals surface area (Å²) in [7, 11) is 0. The molecule has 2 aromatic rings. The van der Waals surface area contributed by atoms with E-state index in [1.54, 1.807) is 0 Å². The van der Waals surface area contributed by atoms with Crippen molar-refractivity contribution in [2.24, 2.45) is 5.92 Å². The van der Waals surface area contributed by atoms with Gasteiger partial charge < -0.3 is 21.1 Å². The Morgan fingerprint density at radius 3 is 2.68 bits per heavy atom. The molecule has 0 bridgehead atoms. The number of nitrogens with zero attached hydrogens (tertiary/aromatic N) is 4. The molecule has 0 amide bonds. The standard InChI is InChI=1S/C13H21N5O3S/c1-3-7(5-19)8(20)4-9(21)18-6-15-10-11(14)16-13(22-2)17-12(10)18/h6-9,19-21H,3-5H2,1-2H3,(H2,14,16,17)/t7?,8-,9+/m1/s1. The predicted molar refractivity (Wildman–Crippen MR) is 84.3 cm³/mol. The topological polar surface area (TPSA) is 130 Å². The quantitative estimate of drug-likeness (QED) is 0.424. The summed E-state index contributed by atoms with van der Waals surface area (Å²) >= 11 is 1.34. The van der Waals surface area contributed by atoms with Crippen molar-refractivity contribution in [2.45, 2.75) is 37.3 Å². The first-order valence-electron chi connectivity index (χ1n) is 7.02. The first-order chi connectivity index (χ1) is 10.5. The Morgan fingerprint density at radius 2 is 2.09 bits per heavy atom. The van der Waals surface area contributed by atoms with Gasteiger partial charge in [-0.2, -0.15) is 0 Å². The number of aliphatic hydroxyl groups excluding tert-OH is 3. The highest BCUT2D eigenvalue weighted by Gasteiger charge is 2.23. The summed E-state index contributed by atoms with van der Waals surface area (Å²) in [5.41, 5.74) is 6.68. The van der Waals surface area contributed by atoms with Gasteiger partial charge in [-0.1, -0.05) is 18.7 Å². The van der Waals surface area contributed by atoms with Crippen LogP contribution in [0.2, 0.25) is 0 Å². The zero-order valence-electron chi connectivity index (χ0n) is 12.5. The maximum absolute atomic E-state index is 10.3. The molecule has 3 atom stereocenters. The molecule has 1 unspecified atom stereocenters. The fourth-order valence-electron chi connectivity index (χ4n) is 2.27. The number of rotatable bonds is 7. The molecule has 2 aromatic heterocycles. The minimum Gasteiger partial charge on any atom is -0.396 e. The SMILES string of the molecule is CCC(CO)[C@H](O)C[C@H](O)n1cnc2c(N)nc(SC)nc21. The number of thioether (sulfide) groups is 1. The van der Waals surface area contributed by atoms with Crippen LogP contribution < -0.4 is 5.73 Å². The van der Waals surface area contributed by atoms with Crippen LogP contribution in [-0.4, -0.2) is 53.8 Å². The van der Waals surface area contributed by atoms with E-state index in [-0.39, 0.29) is 24.8 Å². The fourth-order valence-corrected chi connectivity index (χ4v) is 2.64. The average Bonchev–Trinajstić information content (AvgIpc) is 2.92. The minimum atomic E-state index is -1.01. The van der Waals surface area contributed by atoms with Crippen molar-refractivity contribution < 1.29 is 15.3 Å². The third kappa shape index (κ3) is 3.32. The molecule has 122 valence electrons. The molecule has 0 radical (unpaired) electrons. The van der Waals surface area contributed by atoms with Gasteiger partial charge in [0, 0.05) is 18.9 Å². The minimum absolute atomic E-state index is 0.0725. The summed E-state index contributed by atoms with van der Waals surface area (Å²) < 4.78 is 1.46. The van der Waals surface area contributed by atoms with Crippen molar-refractivity contribution in [3.63, 3.8) is 0 Å². The highest BCUT2D eigenvalue weighted by Crippen LogP contribution is 2.25. The van der Waals surface area contributed by atoms with E-state index in [9.17, 15) is 15.3 Å². The van der Waals surface area contributed by atoms with Gasteiger partial charge in [-0.3, -0.25) is 4.57 Å². The molecule has 0 spiro atoms. The third-order valence-corrected chi connectivity index (χ3v) is 4.23. The van der Waals surface area contributed by atoms with Gasteiger partial charge in [0.05, 0.1) is 12.4 Å². The summed E-state index contributed by atoms with van der Waals surface area (Å²) in [6, 6.07) is 0. The number of aromatic nitrogens is 4. The second-order valence-electron chi connectivity index (χ2n) is 5.05. The molecule has 0 aromatic carbocycles.